The first kappa shape index (κ1) is 19.7. The Bertz CT molecular complexity index is 817. The Morgan fingerprint density at radius 2 is 1.66 bits per heavy atom. The van der Waals surface area contributed by atoms with Crippen LogP contribution in [0.15, 0.2) is 48.5 Å². The second-order valence-corrected chi connectivity index (χ2v) is 7.78. The number of likely N-dealkylation sites (tertiary alicyclic amines) is 1. The molecule has 0 saturated carbocycles. The van der Waals surface area contributed by atoms with Gasteiger partial charge < -0.3 is 14.5 Å². The molecule has 154 valence electrons. The maximum atomic E-state index is 13.2. The van der Waals surface area contributed by atoms with E-state index in [9.17, 15) is 9.18 Å². The van der Waals surface area contributed by atoms with Crippen molar-refractivity contribution in [3.05, 3.63) is 59.9 Å². The van der Waals surface area contributed by atoms with Crippen LogP contribution in [0.3, 0.4) is 0 Å². The number of carbonyl (C=O) groups excluding carboxylic acids is 1. The van der Waals surface area contributed by atoms with Gasteiger partial charge in [0, 0.05) is 56.6 Å². The SMILES string of the molecule is COc1ccc(C(=O)N2CCCC(N3CCN(c4ccc(F)cc4)CC3)C2)cc1. The predicted octanol–water partition coefficient (Wildman–Crippen LogP) is 3.26. The summed E-state index contributed by atoms with van der Waals surface area (Å²) in [4.78, 5) is 19.7. The van der Waals surface area contributed by atoms with E-state index in [-0.39, 0.29) is 11.7 Å². The third-order valence-corrected chi connectivity index (χ3v) is 6.04. The van der Waals surface area contributed by atoms with E-state index in [1.165, 1.54) is 12.1 Å². The van der Waals surface area contributed by atoms with E-state index in [2.05, 4.69) is 9.80 Å². The first-order valence-electron chi connectivity index (χ1n) is 10.3. The highest BCUT2D eigenvalue weighted by molar-refractivity contribution is 5.94. The highest BCUT2D eigenvalue weighted by Gasteiger charge is 2.30. The molecule has 1 amide bonds. The van der Waals surface area contributed by atoms with Crippen LogP contribution in [0.4, 0.5) is 10.1 Å². The number of amides is 1. The minimum absolute atomic E-state index is 0.0994. The minimum atomic E-state index is -0.198. The van der Waals surface area contributed by atoms with Crippen LogP contribution >= 0.6 is 0 Å². The Balaban J connectivity index is 1.34. The van der Waals surface area contributed by atoms with E-state index in [1.54, 1.807) is 7.11 Å². The van der Waals surface area contributed by atoms with Gasteiger partial charge in [0.25, 0.3) is 5.91 Å². The molecule has 2 aromatic carbocycles. The molecule has 2 fully saturated rings. The second-order valence-electron chi connectivity index (χ2n) is 7.78. The molecule has 0 bridgehead atoms. The summed E-state index contributed by atoms with van der Waals surface area (Å²) in [6.45, 7) is 5.38. The number of piperidine rings is 1. The van der Waals surface area contributed by atoms with Gasteiger partial charge in [0.2, 0.25) is 0 Å². The Morgan fingerprint density at radius 1 is 0.966 bits per heavy atom. The lowest BCUT2D eigenvalue weighted by Crippen LogP contribution is -2.55. The molecule has 4 rings (SSSR count). The number of hydrogen-bond donors (Lipinski definition) is 0. The quantitative estimate of drug-likeness (QED) is 0.794. The van der Waals surface area contributed by atoms with Crippen LogP contribution in [0.25, 0.3) is 0 Å². The van der Waals surface area contributed by atoms with Gasteiger partial charge >= 0.3 is 0 Å². The standard InChI is InChI=1S/C23H28FN3O2/c1-29-22-10-4-18(5-11-22)23(28)27-12-2-3-21(17-27)26-15-13-25(14-16-26)20-8-6-19(24)7-9-20/h4-11,21H,2-3,12-17H2,1H3. The molecule has 0 aromatic heterocycles. The van der Waals surface area contributed by atoms with E-state index in [4.69, 9.17) is 4.74 Å². The van der Waals surface area contributed by atoms with E-state index >= 15 is 0 Å². The molecule has 29 heavy (non-hydrogen) atoms. The number of hydrogen-bond acceptors (Lipinski definition) is 4. The number of anilines is 1. The van der Waals surface area contributed by atoms with Gasteiger partial charge in [-0.2, -0.15) is 0 Å². The van der Waals surface area contributed by atoms with Crippen molar-refractivity contribution in [2.24, 2.45) is 0 Å². The fourth-order valence-electron chi connectivity index (χ4n) is 4.35. The molecule has 2 aliphatic rings. The average molecular weight is 397 g/mol. The Labute approximate surface area is 171 Å². The number of rotatable bonds is 4. The molecule has 2 aliphatic heterocycles. The molecule has 0 aliphatic carbocycles. The summed E-state index contributed by atoms with van der Waals surface area (Å²) in [5, 5.41) is 0. The third kappa shape index (κ3) is 4.53. The Morgan fingerprint density at radius 3 is 2.31 bits per heavy atom. The highest BCUT2D eigenvalue weighted by atomic mass is 19.1. The monoisotopic (exact) mass is 397 g/mol. The van der Waals surface area contributed by atoms with Crippen molar-refractivity contribution < 1.29 is 13.9 Å². The zero-order valence-electron chi connectivity index (χ0n) is 16.9. The Kier molecular flexibility index (Phi) is 6.00. The second kappa shape index (κ2) is 8.82. The third-order valence-electron chi connectivity index (χ3n) is 6.04. The van der Waals surface area contributed by atoms with Gasteiger partial charge in [-0.1, -0.05) is 0 Å². The maximum absolute atomic E-state index is 13.2. The van der Waals surface area contributed by atoms with Crippen molar-refractivity contribution in [1.29, 1.82) is 0 Å². The van der Waals surface area contributed by atoms with Crippen molar-refractivity contribution in [3.63, 3.8) is 0 Å². The van der Waals surface area contributed by atoms with Crippen LogP contribution < -0.4 is 9.64 Å². The summed E-state index contributed by atoms with van der Waals surface area (Å²) in [7, 11) is 1.63. The van der Waals surface area contributed by atoms with Crippen molar-refractivity contribution in [3.8, 4) is 5.75 Å². The molecule has 2 saturated heterocycles. The van der Waals surface area contributed by atoms with E-state index in [0.29, 0.717) is 11.6 Å². The van der Waals surface area contributed by atoms with Gasteiger partial charge in [-0.3, -0.25) is 9.69 Å². The fourth-order valence-corrected chi connectivity index (χ4v) is 4.35. The number of benzene rings is 2. The van der Waals surface area contributed by atoms with Gasteiger partial charge in [0.05, 0.1) is 7.11 Å². The molecule has 2 aromatic rings. The van der Waals surface area contributed by atoms with Gasteiger partial charge in [0.1, 0.15) is 11.6 Å². The smallest absolute Gasteiger partial charge is 0.253 e. The summed E-state index contributed by atoms with van der Waals surface area (Å²) < 4.78 is 18.3. The molecule has 0 spiro atoms. The molecule has 5 nitrogen and oxygen atoms in total. The summed E-state index contributed by atoms with van der Waals surface area (Å²) >= 11 is 0. The fraction of sp³-hybridized carbons (Fsp3) is 0.435. The summed E-state index contributed by atoms with van der Waals surface area (Å²) in [5.41, 5.74) is 1.79. The highest BCUT2D eigenvalue weighted by Crippen LogP contribution is 2.23. The van der Waals surface area contributed by atoms with E-state index < -0.39 is 0 Å². The molecule has 1 atom stereocenters. The number of piperazine rings is 1. The Hall–Kier alpha value is -2.60. The number of methoxy groups -OCH3 is 1. The normalized spacial score (nSPS) is 20.6. The maximum Gasteiger partial charge on any atom is 0.253 e. The van der Waals surface area contributed by atoms with E-state index in [0.717, 1.165) is 63.5 Å². The zero-order chi connectivity index (χ0) is 20.2. The average Bonchev–Trinajstić information content (AvgIpc) is 2.79. The first-order chi connectivity index (χ1) is 14.1. The molecule has 6 heteroatoms. The number of ether oxygens (including phenoxy) is 1. The lowest BCUT2D eigenvalue weighted by molar-refractivity contribution is 0.0563. The van der Waals surface area contributed by atoms with Gasteiger partial charge in [-0.25, -0.2) is 4.39 Å². The summed E-state index contributed by atoms with van der Waals surface area (Å²) in [6, 6.07) is 14.5. The van der Waals surface area contributed by atoms with Crippen LogP contribution in [-0.2, 0) is 0 Å². The predicted molar refractivity (Wildman–Crippen MR) is 112 cm³/mol. The molecule has 2 heterocycles. The van der Waals surface area contributed by atoms with Crippen LogP contribution in [0.2, 0.25) is 0 Å². The van der Waals surface area contributed by atoms with Gasteiger partial charge in [-0.15, -0.1) is 0 Å². The molecular weight excluding hydrogens is 369 g/mol. The minimum Gasteiger partial charge on any atom is -0.497 e. The van der Waals surface area contributed by atoms with Crippen molar-refractivity contribution in [2.45, 2.75) is 18.9 Å². The molecule has 1 unspecified atom stereocenters. The van der Waals surface area contributed by atoms with Crippen molar-refractivity contribution in [2.75, 3.05) is 51.3 Å². The molecular formula is C23H28FN3O2. The van der Waals surface area contributed by atoms with Crippen LogP contribution in [0.1, 0.15) is 23.2 Å². The number of nitrogens with zero attached hydrogens (tertiary/aromatic N) is 3. The largest absolute Gasteiger partial charge is 0.497 e. The van der Waals surface area contributed by atoms with Gasteiger partial charge in [0.15, 0.2) is 0 Å². The number of carbonyl (C=O) groups is 1. The topological polar surface area (TPSA) is 36.0 Å². The van der Waals surface area contributed by atoms with E-state index in [1.807, 2.05) is 41.3 Å². The van der Waals surface area contributed by atoms with Crippen molar-refractivity contribution in [1.82, 2.24) is 9.80 Å². The lowest BCUT2D eigenvalue weighted by Gasteiger charge is -2.44. The molecule has 0 N–H and O–H groups in total. The van der Waals surface area contributed by atoms with Gasteiger partial charge in [-0.05, 0) is 61.4 Å². The van der Waals surface area contributed by atoms with Crippen LogP contribution in [-0.4, -0.2) is 68.1 Å². The lowest BCUT2D eigenvalue weighted by atomic mass is 10.0. The van der Waals surface area contributed by atoms with Crippen LogP contribution in [0.5, 0.6) is 5.75 Å². The zero-order valence-corrected chi connectivity index (χ0v) is 16.9. The van der Waals surface area contributed by atoms with Crippen molar-refractivity contribution >= 4 is 11.6 Å². The summed E-state index contributed by atoms with van der Waals surface area (Å²) in [5.74, 6) is 0.663. The number of halogens is 1. The first-order valence-corrected chi connectivity index (χ1v) is 10.3. The summed E-state index contributed by atoms with van der Waals surface area (Å²) in [6.07, 6.45) is 2.16. The molecule has 0 radical (unpaired) electrons. The van der Waals surface area contributed by atoms with Crippen LogP contribution in [0, 0.1) is 5.82 Å².